The summed E-state index contributed by atoms with van der Waals surface area (Å²) in [5.74, 6) is 0.794. The van der Waals surface area contributed by atoms with Crippen molar-refractivity contribution in [3.63, 3.8) is 0 Å². The maximum absolute atomic E-state index is 12.3. The Bertz CT molecular complexity index is 611. The van der Waals surface area contributed by atoms with Gasteiger partial charge >= 0.3 is 0 Å². The van der Waals surface area contributed by atoms with Gasteiger partial charge in [0.05, 0.1) is 11.3 Å². The Morgan fingerprint density at radius 2 is 1.91 bits per heavy atom. The van der Waals surface area contributed by atoms with E-state index >= 15 is 0 Å². The third kappa shape index (κ3) is 3.79. The van der Waals surface area contributed by atoms with E-state index in [9.17, 15) is 10.1 Å². The molecule has 3 rings (SSSR count). The predicted molar refractivity (Wildman–Crippen MR) is 91.5 cm³/mol. The van der Waals surface area contributed by atoms with Crippen molar-refractivity contribution in [2.75, 3.05) is 31.1 Å². The van der Waals surface area contributed by atoms with Gasteiger partial charge < -0.3 is 9.80 Å². The molecule has 4 nitrogen and oxygen atoms in total. The summed E-state index contributed by atoms with van der Waals surface area (Å²) >= 11 is 5.97. The second-order valence-corrected chi connectivity index (χ2v) is 6.93. The van der Waals surface area contributed by atoms with E-state index in [1.165, 1.54) is 0 Å². The number of nitriles is 1. The third-order valence-electron chi connectivity index (χ3n) is 4.96. The summed E-state index contributed by atoms with van der Waals surface area (Å²) in [6, 6.07) is 7.71. The first-order valence-corrected chi connectivity index (χ1v) is 8.77. The monoisotopic (exact) mass is 331 g/mol. The highest BCUT2D eigenvalue weighted by Crippen LogP contribution is 2.29. The normalized spacial score (nSPS) is 19.0. The second-order valence-electron chi connectivity index (χ2n) is 6.50. The van der Waals surface area contributed by atoms with Gasteiger partial charge in [-0.15, -0.1) is 0 Å². The molecular formula is C18H22ClN3O. The van der Waals surface area contributed by atoms with Crippen molar-refractivity contribution in [2.24, 2.45) is 5.92 Å². The highest BCUT2D eigenvalue weighted by Gasteiger charge is 2.26. The predicted octanol–water partition coefficient (Wildman–Crippen LogP) is 3.44. The van der Waals surface area contributed by atoms with Gasteiger partial charge in [-0.2, -0.15) is 5.26 Å². The fourth-order valence-corrected chi connectivity index (χ4v) is 3.77. The smallest absolute Gasteiger partial charge is 0.222 e. The van der Waals surface area contributed by atoms with Gasteiger partial charge in [-0.05, 0) is 49.8 Å². The number of nitrogens with zero attached hydrogens (tertiary/aromatic N) is 3. The topological polar surface area (TPSA) is 47.3 Å². The lowest BCUT2D eigenvalue weighted by Gasteiger charge is -2.34. The molecule has 1 aromatic rings. The summed E-state index contributed by atoms with van der Waals surface area (Å²) in [7, 11) is 0. The number of halogens is 1. The van der Waals surface area contributed by atoms with E-state index in [4.69, 9.17) is 11.6 Å². The highest BCUT2D eigenvalue weighted by molar-refractivity contribution is 6.30. The van der Waals surface area contributed by atoms with Gasteiger partial charge in [-0.3, -0.25) is 4.79 Å². The van der Waals surface area contributed by atoms with E-state index < -0.39 is 0 Å². The quantitative estimate of drug-likeness (QED) is 0.852. The minimum atomic E-state index is 0.324. The molecule has 1 aromatic carbocycles. The van der Waals surface area contributed by atoms with Crippen molar-refractivity contribution in [1.82, 2.24) is 4.90 Å². The van der Waals surface area contributed by atoms with E-state index in [1.54, 1.807) is 6.07 Å². The summed E-state index contributed by atoms with van der Waals surface area (Å²) in [4.78, 5) is 16.5. The molecule has 0 saturated carbocycles. The van der Waals surface area contributed by atoms with E-state index in [2.05, 4.69) is 11.0 Å². The van der Waals surface area contributed by atoms with Crippen LogP contribution in [-0.2, 0) is 4.79 Å². The lowest BCUT2D eigenvalue weighted by Crippen LogP contribution is -2.37. The van der Waals surface area contributed by atoms with E-state index in [0.717, 1.165) is 57.5 Å². The first-order chi connectivity index (χ1) is 11.2. The number of carbonyl (C=O) groups excluding carboxylic acids is 1. The molecule has 23 heavy (non-hydrogen) atoms. The second kappa shape index (κ2) is 7.23. The molecular weight excluding hydrogens is 310 g/mol. The number of carbonyl (C=O) groups is 1. The van der Waals surface area contributed by atoms with Gasteiger partial charge in [0.25, 0.3) is 0 Å². The van der Waals surface area contributed by atoms with Crippen molar-refractivity contribution in [1.29, 1.82) is 5.26 Å². The minimum Gasteiger partial charge on any atom is -0.370 e. The van der Waals surface area contributed by atoms with Crippen molar-refractivity contribution >= 4 is 23.2 Å². The van der Waals surface area contributed by atoms with Gasteiger partial charge in [0.2, 0.25) is 5.91 Å². The van der Waals surface area contributed by atoms with Gasteiger partial charge in [0.1, 0.15) is 6.07 Å². The average molecular weight is 332 g/mol. The SMILES string of the molecule is N#Cc1cc(Cl)ccc1N1CCC(CC(=O)N2CCCC2)CC1. The average Bonchev–Trinajstić information content (AvgIpc) is 3.10. The zero-order chi connectivity index (χ0) is 16.2. The molecule has 2 heterocycles. The summed E-state index contributed by atoms with van der Waals surface area (Å²) in [6.07, 6.45) is 5.00. The van der Waals surface area contributed by atoms with Crippen LogP contribution >= 0.6 is 11.6 Å². The highest BCUT2D eigenvalue weighted by atomic mass is 35.5. The Kier molecular flexibility index (Phi) is 5.07. The van der Waals surface area contributed by atoms with Crippen LogP contribution in [0.15, 0.2) is 18.2 Å². The van der Waals surface area contributed by atoms with Crippen LogP contribution < -0.4 is 4.90 Å². The Morgan fingerprint density at radius 1 is 1.22 bits per heavy atom. The minimum absolute atomic E-state index is 0.324. The molecule has 0 bridgehead atoms. The van der Waals surface area contributed by atoms with Crippen LogP contribution in [0.1, 0.15) is 37.7 Å². The van der Waals surface area contributed by atoms with Crippen LogP contribution in [0, 0.1) is 17.2 Å². The van der Waals surface area contributed by atoms with Crippen LogP contribution in [0.5, 0.6) is 0 Å². The van der Waals surface area contributed by atoms with Crippen LogP contribution in [-0.4, -0.2) is 37.0 Å². The van der Waals surface area contributed by atoms with Crippen molar-refractivity contribution < 1.29 is 4.79 Å². The molecule has 0 aliphatic carbocycles. The van der Waals surface area contributed by atoms with Crippen LogP contribution in [0.4, 0.5) is 5.69 Å². The van der Waals surface area contributed by atoms with Crippen LogP contribution in [0.3, 0.4) is 0 Å². The summed E-state index contributed by atoms with van der Waals surface area (Å²) < 4.78 is 0. The van der Waals surface area contributed by atoms with Gasteiger partial charge in [0.15, 0.2) is 0 Å². The Labute approximate surface area is 142 Å². The molecule has 0 unspecified atom stereocenters. The fourth-order valence-electron chi connectivity index (χ4n) is 3.59. The summed E-state index contributed by atoms with van der Waals surface area (Å²) in [6.45, 7) is 3.67. The molecule has 2 saturated heterocycles. The zero-order valence-corrected chi connectivity index (χ0v) is 14.1. The molecule has 2 aliphatic heterocycles. The number of piperidine rings is 1. The molecule has 1 amide bonds. The molecule has 122 valence electrons. The maximum atomic E-state index is 12.3. The standard InChI is InChI=1S/C18H22ClN3O/c19-16-3-4-17(15(12-16)13-20)21-9-5-14(6-10-21)11-18(23)22-7-1-2-8-22/h3-4,12,14H,1-2,5-11H2. The summed E-state index contributed by atoms with van der Waals surface area (Å²) in [5.41, 5.74) is 1.59. The molecule has 0 spiro atoms. The first kappa shape index (κ1) is 16.1. The Hall–Kier alpha value is -1.73. The van der Waals surface area contributed by atoms with E-state index in [1.807, 2.05) is 17.0 Å². The fraction of sp³-hybridized carbons (Fsp3) is 0.556. The molecule has 0 N–H and O–H groups in total. The van der Waals surface area contributed by atoms with Gasteiger partial charge in [-0.1, -0.05) is 11.6 Å². The number of hydrogen-bond acceptors (Lipinski definition) is 3. The number of benzene rings is 1. The van der Waals surface area contributed by atoms with Crippen LogP contribution in [0.2, 0.25) is 5.02 Å². The lowest BCUT2D eigenvalue weighted by atomic mass is 9.92. The largest absolute Gasteiger partial charge is 0.370 e. The number of amides is 1. The zero-order valence-electron chi connectivity index (χ0n) is 13.3. The molecule has 2 aliphatic rings. The van der Waals surface area contributed by atoms with Crippen molar-refractivity contribution in [3.8, 4) is 6.07 Å². The number of rotatable bonds is 3. The van der Waals surface area contributed by atoms with Crippen molar-refractivity contribution in [2.45, 2.75) is 32.1 Å². The van der Waals surface area contributed by atoms with Gasteiger partial charge in [0, 0.05) is 37.6 Å². The number of hydrogen-bond donors (Lipinski definition) is 0. The first-order valence-electron chi connectivity index (χ1n) is 8.40. The molecule has 0 radical (unpaired) electrons. The Morgan fingerprint density at radius 3 is 2.57 bits per heavy atom. The number of likely N-dealkylation sites (tertiary alicyclic amines) is 1. The van der Waals surface area contributed by atoms with Crippen molar-refractivity contribution in [3.05, 3.63) is 28.8 Å². The van der Waals surface area contributed by atoms with Gasteiger partial charge in [-0.25, -0.2) is 0 Å². The van der Waals surface area contributed by atoms with Crippen LogP contribution in [0.25, 0.3) is 0 Å². The molecule has 2 fully saturated rings. The molecule has 5 heteroatoms. The molecule has 0 atom stereocenters. The van der Waals surface area contributed by atoms with E-state index in [0.29, 0.717) is 28.8 Å². The molecule has 0 aromatic heterocycles. The summed E-state index contributed by atoms with van der Waals surface area (Å²) in [5, 5.41) is 9.87. The maximum Gasteiger partial charge on any atom is 0.222 e. The number of anilines is 1. The third-order valence-corrected chi connectivity index (χ3v) is 5.19. The van der Waals surface area contributed by atoms with E-state index in [-0.39, 0.29) is 0 Å². The lowest BCUT2D eigenvalue weighted by molar-refractivity contribution is -0.131. The Balaban J connectivity index is 1.56.